The fourth-order valence-corrected chi connectivity index (χ4v) is 4.02. The second-order valence-electron chi connectivity index (χ2n) is 7.32. The Bertz CT molecular complexity index is 769. The van der Waals surface area contributed by atoms with Gasteiger partial charge in [-0.1, -0.05) is 5.16 Å². The molecule has 7 nitrogen and oxygen atoms in total. The summed E-state index contributed by atoms with van der Waals surface area (Å²) in [5.41, 5.74) is 2.75. The molecule has 0 saturated carbocycles. The van der Waals surface area contributed by atoms with Crippen LogP contribution in [0, 0.1) is 6.92 Å². The molecule has 2 saturated heterocycles. The summed E-state index contributed by atoms with van der Waals surface area (Å²) in [5.74, 6) is 1.25. The van der Waals surface area contributed by atoms with Crippen LogP contribution in [-0.2, 0) is 4.79 Å². The number of piperidine rings is 1. The Balaban J connectivity index is 1.49. The summed E-state index contributed by atoms with van der Waals surface area (Å²) in [7, 11) is 0. The molecule has 26 heavy (non-hydrogen) atoms. The van der Waals surface area contributed by atoms with E-state index < -0.39 is 0 Å². The van der Waals surface area contributed by atoms with Gasteiger partial charge in [0.15, 0.2) is 5.76 Å². The van der Waals surface area contributed by atoms with Gasteiger partial charge in [-0.25, -0.2) is 9.97 Å². The summed E-state index contributed by atoms with van der Waals surface area (Å²) in [6, 6.07) is 1.92. The lowest BCUT2D eigenvalue weighted by atomic mass is 9.91. The van der Waals surface area contributed by atoms with E-state index in [-0.39, 0.29) is 11.8 Å². The summed E-state index contributed by atoms with van der Waals surface area (Å²) in [4.78, 5) is 25.5. The number of likely N-dealkylation sites (tertiary alicyclic amines) is 2. The van der Waals surface area contributed by atoms with Crippen molar-refractivity contribution in [2.45, 2.75) is 38.5 Å². The van der Waals surface area contributed by atoms with Crippen LogP contribution < -0.4 is 0 Å². The number of hydrogen-bond donors (Lipinski definition) is 0. The van der Waals surface area contributed by atoms with Crippen LogP contribution in [0.1, 0.15) is 43.0 Å². The van der Waals surface area contributed by atoms with Crippen molar-refractivity contribution in [3.63, 3.8) is 0 Å². The topological polar surface area (TPSA) is 75.4 Å². The summed E-state index contributed by atoms with van der Waals surface area (Å²) in [6.07, 6.45) is 7.79. The van der Waals surface area contributed by atoms with Crippen molar-refractivity contribution in [2.75, 3.05) is 32.7 Å². The third kappa shape index (κ3) is 3.62. The lowest BCUT2D eigenvalue weighted by Gasteiger charge is -2.33. The second-order valence-corrected chi connectivity index (χ2v) is 7.32. The Morgan fingerprint density at radius 1 is 1.27 bits per heavy atom. The molecule has 0 N–H and O–H groups in total. The number of hydrogen-bond acceptors (Lipinski definition) is 6. The molecular formula is C19H25N5O2. The maximum absolute atomic E-state index is 12.5. The molecule has 2 aromatic heterocycles. The van der Waals surface area contributed by atoms with Crippen molar-refractivity contribution in [1.82, 2.24) is 24.9 Å². The van der Waals surface area contributed by atoms with Crippen LogP contribution in [0.5, 0.6) is 0 Å². The highest BCUT2D eigenvalue weighted by atomic mass is 16.5. The summed E-state index contributed by atoms with van der Waals surface area (Å²) >= 11 is 0. The predicted molar refractivity (Wildman–Crippen MR) is 96.5 cm³/mol. The van der Waals surface area contributed by atoms with Gasteiger partial charge in [0.1, 0.15) is 6.33 Å². The Labute approximate surface area is 153 Å². The van der Waals surface area contributed by atoms with Gasteiger partial charge in [-0.05, 0) is 39.2 Å². The molecule has 0 unspecified atom stereocenters. The molecule has 0 aliphatic carbocycles. The standard InChI is InChI=1S/C19H25N5O2/c1-14-9-17(26-22-14)16-10-20-13-21-19(16)15-5-4-6-23(11-15)12-18(25)24-7-2-3-8-24/h9-10,13,15H,2-8,11-12H2,1H3/t15-/m0/s1. The van der Waals surface area contributed by atoms with Gasteiger partial charge in [0.25, 0.3) is 0 Å². The molecule has 2 fully saturated rings. The molecule has 2 aliphatic rings. The number of rotatable bonds is 4. The molecule has 2 aliphatic heterocycles. The summed E-state index contributed by atoms with van der Waals surface area (Å²) in [6.45, 7) is 6.06. The van der Waals surface area contributed by atoms with Crippen molar-refractivity contribution in [3.05, 3.63) is 30.0 Å². The maximum atomic E-state index is 12.5. The van der Waals surface area contributed by atoms with Crippen LogP contribution in [-0.4, -0.2) is 63.6 Å². The molecule has 2 aromatic rings. The van der Waals surface area contributed by atoms with Crippen molar-refractivity contribution >= 4 is 5.91 Å². The Kier molecular flexibility index (Phi) is 4.97. The number of aryl methyl sites for hydroxylation is 1. The minimum absolute atomic E-state index is 0.261. The Morgan fingerprint density at radius 2 is 2.12 bits per heavy atom. The van der Waals surface area contributed by atoms with Gasteiger partial charge < -0.3 is 9.42 Å². The first-order chi connectivity index (χ1) is 12.7. The van der Waals surface area contributed by atoms with Crippen molar-refractivity contribution in [3.8, 4) is 11.3 Å². The number of amides is 1. The lowest BCUT2D eigenvalue weighted by Crippen LogP contribution is -2.43. The van der Waals surface area contributed by atoms with Gasteiger partial charge in [-0.15, -0.1) is 0 Å². The Hall–Kier alpha value is -2.28. The van der Waals surface area contributed by atoms with E-state index in [0.29, 0.717) is 12.3 Å². The summed E-state index contributed by atoms with van der Waals surface area (Å²) in [5, 5.41) is 3.99. The fourth-order valence-electron chi connectivity index (χ4n) is 4.02. The highest BCUT2D eigenvalue weighted by molar-refractivity contribution is 5.78. The van der Waals surface area contributed by atoms with Crippen LogP contribution in [0.3, 0.4) is 0 Å². The highest BCUT2D eigenvalue weighted by Crippen LogP contribution is 2.32. The molecule has 138 valence electrons. The third-order valence-electron chi connectivity index (χ3n) is 5.35. The van der Waals surface area contributed by atoms with Crippen molar-refractivity contribution < 1.29 is 9.32 Å². The molecule has 0 radical (unpaired) electrons. The van der Waals surface area contributed by atoms with E-state index in [1.807, 2.05) is 17.9 Å². The van der Waals surface area contributed by atoms with Crippen molar-refractivity contribution in [1.29, 1.82) is 0 Å². The minimum Gasteiger partial charge on any atom is -0.356 e. The molecule has 7 heteroatoms. The highest BCUT2D eigenvalue weighted by Gasteiger charge is 2.28. The molecule has 1 atom stereocenters. The lowest BCUT2D eigenvalue weighted by molar-refractivity contribution is -0.131. The van der Waals surface area contributed by atoms with E-state index in [9.17, 15) is 4.79 Å². The van der Waals surface area contributed by atoms with Gasteiger partial charge in [0.2, 0.25) is 5.91 Å². The molecule has 4 rings (SSSR count). The quantitative estimate of drug-likeness (QED) is 0.837. The smallest absolute Gasteiger partial charge is 0.236 e. The van der Waals surface area contributed by atoms with E-state index in [0.717, 1.165) is 68.8 Å². The molecule has 1 amide bonds. The average Bonchev–Trinajstić information content (AvgIpc) is 3.34. The number of nitrogens with zero attached hydrogens (tertiary/aromatic N) is 5. The van der Waals surface area contributed by atoms with Gasteiger partial charge in [-0.2, -0.15) is 0 Å². The van der Waals surface area contributed by atoms with E-state index >= 15 is 0 Å². The van der Waals surface area contributed by atoms with Gasteiger partial charge in [0.05, 0.1) is 23.5 Å². The van der Waals surface area contributed by atoms with Crippen molar-refractivity contribution in [2.24, 2.45) is 0 Å². The number of aromatic nitrogens is 3. The largest absolute Gasteiger partial charge is 0.356 e. The average molecular weight is 355 g/mol. The fraction of sp³-hybridized carbons (Fsp3) is 0.579. The van der Waals surface area contributed by atoms with Gasteiger partial charge in [0, 0.05) is 37.8 Å². The third-order valence-corrected chi connectivity index (χ3v) is 5.35. The first-order valence-corrected chi connectivity index (χ1v) is 9.44. The zero-order valence-electron chi connectivity index (χ0n) is 15.2. The minimum atomic E-state index is 0.261. The first-order valence-electron chi connectivity index (χ1n) is 9.44. The number of carbonyl (C=O) groups is 1. The van der Waals surface area contributed by atoms with E-state index in [2.05, 4.69) is 20.0 Å². The van der Waals surface area contributed by atoms with Crippen LogP contribution in [0.4, 0.5) is 0 Å². The van der Waals surface area contributed by atoms with Crippen LogP contribution in [0.2, 0.25) is 0 Å². The molecule has 0 bridgehead atoms. The van der Waals surface area contributed by atoms with Gasteiger partial charge >= 0.3 is 0 Å². The maximum Gasteiger partial charge on any atom is 0.236 e. The Morgan fingerprint density at radius 3 is 2.88 bits per heavy atom. The SMILES string of the molecule is Cc1cc(-c2cncnc2[C@H]2CCCN(CC(=O)N3CCCC3)C2)on1. The number of carbonyl (C=O) groups excluding carboxylic acids is 1. The van der Waals surface area contributed by atoms with Crippen LogP contribution in [0.15, 0.2) is 23.1 Å². The second kappa shape index (κ2) is 7.53. The van der Waals surface area contributed by atoms with Crippen LogP contribution >= 0.6 is 0 Å². The monoisotopic (exact) mass is 355 g/mol. The first kappa shape index (κ1) is 17.1. The van der Waals surface area contributed by atoms with Crippen LogP contribution in [0.25, 0.3) is 11.3 Å². The molecular weight excluding hydrogens is 330 g/mol. The van der Waals surface area contributed by atoms with E-state index in [4.69, 9.17) is 4.52 Å². The molecule has 4 heterocycles. The summed E-state index contributed by atoms with van der Waals surface area (Å²) < 4.78 is 5.44. The normalized spacial score (nSPS) is 21.3. The molecule has 0 aromatic carbocycles. The zero-order valence-corrected chi connectivity index (χ0v) is 15.2. The zero-order chi connectivity index (χ0) is 17.9. The molecule has 0 spiro atoms. The predicted octanol–water partition coefficient (Wildman–Crippen LogP) is 2.24. The van der Waals surface area contributed by atoms with E-state index in [1.165, 1.54) is 0 Å². The van der Waals surface area contributed by atoms with E-state index in [1.54, 1.807) is 12.5 Å². The van der Waals surface area contributed by atoms with Gasteiger partial charge in [-0.3, -0.25) is 9.69 Å².